The molecule has 7 heteroatoms. The van der Waals surface area contributed by atoms with Gasteiger partial charge < -0.3 is 15.1 Å². The second-order valence-electron chi connectivity index (χ2n) is 3.37. The lowest BCUT2D eigenvalue weighted by Crippen LogP contribution is -2.32. The summed E-state index contributed by atoms with van der Waals surface area (Å²) in [5.41, 5.74) is 0.500. The average molecular weight is 267 g/mol. The minimum Gasteiger partial charge on any atom is -0.395 e. The number of aliphatic hydroxyl groups excluding tert-OH is 2. The highest BCUT2D eigenvalue weighted by Crippen LogP contribution is 2.24. The second kappa shape index (κ2) is 6.68. The zero-order valence-electron chi connectivity index (χ0n) is 8.98. The summed E-state index contributed by atoms with van der Waals surface area (Å²) in [4.78, 5) is 5.11. The molecule has 0 saturated heterocycles. The summed E-state index contributed by atoms with van der Waals surface area (Å²) in [6.07, 6.45) is -1.19. The minimum absolute atomic E-state index is 0.0233. The summed E-state index contributed by atoms with van der Waals surface area (Å²) in [6.45, 7) is -1.02. The summed E-state index contributed by atoms with van der Waals surface area (Å²) in [7, 11) is 0. The molecule has 0 fully saturated rings. The zero-order chi connectivity index (χ0) is 12.8. The monoisotopic (exact) mass is 266 g/mol. The predicted molar refractivity (Wildman–Crippen MR) is 60.5 cm³/mol. The van der Waals surface area contributed by atoms with Gasteiger partial charge in [-0.15, -0.1) is 0 Å². The number of halogens is 3. The highest BCUT2D eigenvalue weighted by atomic mass is 35.5. The third-order valence-electron chi connectivity index (χ3n) is 2.09. The molecule has 0 saturated carbocycles. The number of nitrogens with zero attached hydrogens (tertiary/aromatic N) is 2. The molecule has 1 aromatic heterocycles. The van der Waals surface area contributed by atoms with Gasteiger partial charge in [-0.05, 0) is 11.6 Å². The van der Waals surface area contributed by atoms with Crippen LogP contribution in [-0.4, -0.2) is 41.3 Å². The van der Waals surface area contributed by atoms with Gasteiger partial charge in [0.05, 0.1) is 24.8 Å². The maximum atomic E-state index is 12.3. The van der Waals surface area contributed by atoms with E-state index >= 15 is 0 Å². The molecule has 0 radical (unpaired) electrons. The molecule has 0 aliphatic heterocycles. The van der Waals surface area contributed by atoms with Crippen molar-refractivity contribution in [1.29, 1.82) is 0 Å². The first-order valence-electron chi connectivity index (χ1n) is 4.97. The van der Waals surface area contributed by atoms with Crippen LogP contribution < -0.4 is 4.90 Å². The molecule has 0 aliphatic carbocycles. The molecule has 2 N–H and O–H groups in total. The van der Waals surface area contributed by atoms with Gasteiger partial charge in [-0.2, -0.15) is 0 Å². The van der Waals surface area contributed by atoms with Crippen LogP contribution in [0.5, 0.6) is 0 Å². The molecule has 0 aliphatic rings. The Hall–Kier alpha value is -0.980. The fraction of sp³-hybridized carbons (Fsp3) is 0.500. The normalized spacial score (nSPS) is 10.9. The highest BCUT2D eigenvalue weighted by molar-refractivity contribution is 6.33. The minimum atomic E-state index is -2.54. The number of hydrogen-bond acceptors (Lipinski definition) is 4. The van der Waals surface area contributed by atoms with E-state index in [0.717, 1.165) is 0 Å². The Morgan fingerprint density at radius 3 is 2.59 bits per heavy atom. The van der Waals surface area contributed by atoms with E-state index in [9.17, 15) is 8.78 Å². The van der Waals surface area contributed by atoms with Crippen LogP contribution in [0.15, 0.2) is 12.3 Å². The lowest BCUT2D eigenvalue weighted by atomic mass is 10.3. The summed E-state index contributed by atoms with van der Waals surface area (Å²) >= 11 is 5.88. The van der Waals surface area contributed by atoms with E-state index in [1.165, 1.54) is 17.2 Å². The van der Waals surface area contributed by atoms with Crippen molar-refractivity contribution in [3.05, 3.63) is 22.8 Å². The smallest absolute Gasteiger partial charge is 0.255 e. The van der Waals surface area contributed by atoms with Gasteiger partial charge >= 0.3 is 0 Å². The van der Waals surface area contributed by atoms with E-state index in [0.29, 0.717) is 5.56 Å². The van der Waals surface area contributed by atoms with Crippen LogP contribution in [0.3, 0.4) is 0 Å². The van der Waals surface area contributed by atoms with Gasteiger partial charge in [0.2, 0.25) is 0 Å². The van der Waals surface area contributed by atoms with Gasteiger partial charge in [0.1, 0.15) is 5.82 Å². The van der Waals surface area contributed by atoms with Crippen molar-refractivity contribution in [2.45, 2.75) is 13.0 Å². The Morgan fingerprint density at radius 1 is 1.41 bits per heavy atom. The van der Waals surface area contributed by atoms with E-state index in [4.69, 9.17) is 21.8 Å². The first-order chi connectivity index (χ1) is 8.08. The molecule has 4 nitrogen and oxygen atoms in total. The first-order valence-corrected chi connectivity index (χ1v) is 5.35. The second-order valence-corrected chi connectivity index (χ2v) is 3.78. The molecule has 1 heterocycles. The number of aliphatic hydroxyl groups is 2. The largest absolute Gasteiger partial charge is 0.395 e. The molecule has 17 heavy (non-hydrogen) atoms. The van der Waals surface area contributed by atoms with E-state index in [1.807, 2.05) is 0 Å². The van der Waals surface area contributed by atoms with Gasteiger partial charge in [0.25, 0.3) is 6.43 Å². The van der Waals surface area contributed by atoms with Crippen molar-refractivity contribution >= 4 is 17.4 Å². The van der Waals surface area contributed by atoms with Gasteiger partial charge in [0.15, 0.2) is 0 Å². The first kappa shape index (κ1) is 14.1. The van der Waals surface area contributed by atoms with Crippen LogP contribution in [0, 0.1) is 0 Å². The van der Waals surface area contributed by atoms with Crippen molar-refractivity contribution < 1.29 is 19.0 Å². The molecular weight excluding hydrogens is 254 g/mol. The molecular formula is C10H13ClF2N2O2. The fourth-order valence-electron chi connectivity index (χ4n) is 1.36. The number of pyridine rings is 1. The van der Waals surface area contributed by atoms with Crippen molar-refractivity contribution in [2.24, 2.45) is 0 Å². The third kappa shape index (κ3) is 4.07. The molecule has 0 unspecified atom stereocenters. The number of aromatic nitrogens is 1. The van der Waals surface area contributed by atoms with Gasteiger partial charge in [-0.25, -0.2) is 13.8 Å². The summed E-state index contributed by atoms with van der Waals surface area (Å²) in [5, 5.41) is 17.8. The molecule has 0 aromatic carbocycles. The molecule has 1 rings (SSSR count). The SMILES string of the molecule is OCCN(CC(F)F)c1ncc(CO)cc1Cl. The number of rotatable bonds is 6. The third-order valence-corrected chi connectivity index (χ3v) is 2.37. The Bertz CT molecular complexity index is 366. The van der Waals surface area contributed by atoms with Crippen molar-refractivity contribution in [1.82, 2.24) is 4.98 Å². The molecule has 96 valence electrons. The molecule has 0 amide bonds. The van der Waals surface area contributed by atoms with Crippen molar-refractivity contribution in [3.63, 3.8) is 0 Å². The van der Waals surface area contributed by atoms with E-state index in [2.05, 4.69) is 4.98 Å². The number of anilines is 1. The van der Waals surface area contributed by atoms with E-state index in [-0.39, 0.29) is 30.6 Å². The average Bonchev–Trinajstić information content (AvgIpc) is 2.27. The van der Waals surface area contributed by atoms with Gasteiger partial charge in [0, 0.05) is 12.7 Å². The molecule has 0 spiro atoms. The van der Waals surface area contributed by atoms with Crippen LogP contribution in [0.4, 0.5) is 14.6 Å². The quantitative estimate of drug-likeness (QED) is 0.815. The van der Waals surface area contributed by atoms with E-state index in [1.54, 1.807) is 0 Å². The predicted octanol–water partition coefficient (Wildman–Crippen LogP) is 1.29. The Morgan fingerprint density at radius 2 is 2.12 bits per heavy atom. The summed E-state index contributed by atoms with van der Waals surface area (Å²) in [5.74, 6) is 0.179. The van der Waals surface area contributed by atoms with Crippen LogP contribution in [0.25, 0.3) is 0 Å². The zero-order valence-corrected chi connectivity index (χ0v) is 9.74. The Labute approximate surface area is 102 Å². The molecule has 0 bridgehead atoms. The lowest BCUT2D eigenvalue weighted by molar-refractivity contribution is 0.152. The molecule has 0 atom stereocenters. The Balaban J connectivity index is 2.93. The topological polar surface area (TPSA) is 56.6 Å². The summed E-state index contributed by atoms with van der Waals surface area (Å²) in [6, 6.07) is 1.46. The Kier molecular flexibility index (Phi) is 5.54. The number of hydrogen-bond donors (Lipinski definition) is 2. The maximum absolute atomic E-state index is 12.3. The standard InChI is InChI=1S/C10H13ClF2N2O2/c11-8-3-7(6-17)4-14-10(8)15(1-2-16)5-9(12)13/h3-4,9,16-17H,1-2,5-6H2. The van der Waals surface area contributed by atoms with E-state index < -0.39 is 13.0 Å². The van der Waals surface area contributed by atoms with Crippen LogP contribution in [0.1, 0.15) is 5.56 Å². The van der Waals surface area contributed by atoms with Crippen molar-refractivity contribution in [3.8, 4) is 0 Å². The summed E-state index contributed by atoms with van der Waals surface area (Å²) < 4.78 is 24.7. The van der Waals surface area contributed by atoms with Crippen LogP contribution in [0.2, 0.25) is 5.02 Å². The number of alkyl halides is 2. The fourth-order valence-corrected chi connectivity index (χ4v) is 1.67. The van der Waals surface area contributed by atoms with Gasteiger partial charge in [-0.1, -0.05) is 11.6 Å². The van der Waals surface area contributed by atoms with Crippen LogP contribution in [-0.2, 0) is 6.61 Å². The highest BCUT2D eigenvalue weighted by Gasteiger charge is 2.16. The maximum Gasteiger partial charge on any atom is 0.255 e. The lowest BCUT2D eigenvalue weighted by Gasteiger charge is -2.23. The van der Waals surface area contributed by atoms with Crippen LogP contribution >= 0.6 is 11.6 Å². The van der Waals surface area contributed by atoms with Crippen molar-refractivity contribution in [2.75, 3.05) is 24.6 Å². The van der Waals surface area contributed by atoms with Gasteiger partial charge in [-0.3, -0.25) is 0 Å². The molecule has 1 aromatic rings.